The number of ether oxygens (including phenoxy) is 2. The first kappa shape index (κ1) is 26.3. The summed E-state index contributed by atoms with van der Waals surface area (Å²) in [4.78, 5) is 64.4. The number of esters is 1. The topological polar surface area (TPSA) is 143 Å². The fourth-order valence-corrected chi connectivity index (χ4v) is 4.99. The number of carbonyl (C=O) groups is 5. The Balaban J connectivity index is 1.45. The van der Waals surface area contributed by atoms with Crippen LogP contribution < -0.4 is 16.0 Å². The molecule has 2 fully saturated rings. The van der Waals surface area contributed by atoms with Crippen LogP contribution in [0.2, 0.25) is 0 Å². The summed E-state index contributed by atoms with van der Waals surface area (Å²) in [6.07, 6.45) is 5.03. The molecule has 3 heterocycles. The molecule has 3 aliphatic heterocycles. The van der Waals surface area contributed by atoms with Gasteiger partial charge < -0.3 is 30.3 Å². The molecule has 0 aromatic heterocycles. The molecule has 0 bridgehead atoms. The maximum Gasteiger partial charge on any atom is 0.310 e. The van der Waals surface area contributed by atoms with E-state index < -0.39 is 36.3 Å². The maximum atomic E-state index is 13.6. The first-order chi connectivity index (χ1) is 17.8. The number of carbonyl (C=O) groups excluding carboxylic acids is 5. The Morgan fingerprint density at radius 2 is 1.78 bits per heavy atom. The monoisotopic (exact) mass is 512 g/mol. The molecule has 4 amide bonds. The smallest absolute Gasteiger partial charge is 0.310 e. The number of hydrogen-bond acceptors (Lipinski definition) is 7. The normalized spacial score (nSPS) is 27.1. The average Bonchev–Trinajstić information content (AvgIpc) is 3.42. The zero-order chi connectivity index (χ0) is 26.5. The molecule has 11 nitrogen and oxygen atoms in total. The van der Waals surface area contributed by atoms with Crippen LogP contribution in [0.15, 0.2) is 36.4 Å². The van der Waals surface area contributed by atoms with Crippen molar-refractivity contribution in [2.45, 2.75) is 76.4 Å². The number of amides is 4. The van der Waals surface area contributed by atoms with E-state index in [1.165, 1.54) is 6.92 Å². The van der Waals surface area contributed by atoms with Gasteiger partial charge in [-0.05, 0) is 56.9 Å². The van der Waals surface area contributed by atoms with Crippen molar-refractivity contribution in [2.24, 2.45) is 0 Å². The molecule has 4 rings (SSSR count). The van der Waals surface area contributed by atoms with Crippen LogP contribution in [0.5, 0.6) is 0 Å². The lowest BCUT2D eigenvalue weighted by molar-refractivity contribution is -0.164. The zero-order valence-electron chi connectivity index (χ0n) is 20.9. The molecule has 1 aromatic rings. The summed E-state index contributed by atoms with van der Waals surface area (Å²) in [5, 5.41) is 8.28. The molecule has 37 heavy (non-hydrogen) atoms. The predicted octanol–water partition coefficient (Wildman–Crippen LogP) is 1.25. The minimum absolute atomic E-state index is 0.00263. The molecule has 1 aromatic carbocycles. The number of anilines is 1. The van der Waals surface area contributed by atoms with E-state index in [9.17, 15) is 24.0 Å². The standard InChI is InChI=1S/C26H32N4O7/c1-3-36-26-20(14-22(32)37-26)29-24(34)21-13-12-18-6-4-5-7-19(25(35)30(18)21)28-23(33)16-8-10-17(11-9-16)27-15(2)31/h4-5,8-11,18-21,26H,3,6-7,12-14H2,1-2H3,(H,27,31)(H,28,33)(H,29,34)/t18-,19+,20?,21+,26?/m1/s1. The van der Waals surface area contributed by atoms with Crippen LogP contribution in [0.4, 0.5) is 5.69 Å². The van der Waals surface area contributed by atoms with Crippen molar-refractivity contribution in [1.29, 1.82) is 0 Å². The van der Waals surface area contributed by atoms with Gasteiger partial charge in [0.15, 0.2) is 0 Å². The second-order valence-corrected chi connectivity index (χ2v) is 9.35. The molecule has 2 saturated heterocycles. The van der Waals surface area contributed by atoms with Crippen molar-refractivity contribution in [3.63, 3.8) is 0 Å². The summed E-state index contributed by atoms with van der Waals surface area (Å²) in [5.74, 6) is -1.79. The highest BCUT2D eigenvalue weighted by molar-refractivity contribution is 5.99. The van der Waals surface area contributed by atoms with Crippen LogP contribution in [0.25, 0.3) is 0 Å². The summed E-state index contributed by atoms with van der Waals surface area (Å²) >= 11 is 0. The van der Waals surface area contributed by atoms with Crippen molar-refractivity contribution in [2.75, 3.05) is 11.9 Å². The van der Waals surface area contributed by atoms with Gasteiger partial charge in [0.05, 0.1) is 6.42 Å². The van der Waals surface area contributed by atoms with Gasteiger partial charge in [0.2, 0.25) is 24.0 Å². The molecule has 0 saturated carbocycles. The summed E-state index contributed by atoms with van der Waals surface area (Å²) in [6, 6.07) is 4.00. The Kier molecular flexibility index (Phi) is 8.22. The molecular weight excluding hydrogens is 480 g/mol. The largest absolute Gasteiger partial charge is 0.433 e. The van der Waals surface area contributed by atoms with Crippen LogP contribution >= 0.6 is 0 Å². The zero-order valence-corrected chi connectivity index (χ0v) is 20.9. The number of rotatable bonds is 7. The van der Waals surface area contributed by atoms with E-state index in [0.29, 0.717) is 43.5 Å². The van der Waals surface area contributed by atoms with E-state index in [1.807, 2.05) is 12.2 Å². The Labute approximate surface area is 214 Å². The lowest BCUT2D eigenvalue weighted by Crippen LogP contribution is -2.57. The number of fused-ring (bicyclic) bond motifs is 1. The molecule has 0 spiro atoms. The Morgan fingerprint density at radius 3 is 2.49 bits per heavy atom. The average molecular weight is 513 g/mol. The highest BCUT2D eigenvalue weighted by Gasteiger charge is 2.45. The molecular formula is C26H32N4O7. The molecule has 5 atom stereocenters. The Morgan fingerprint density at radius 1 is 1.05 bits per heavy atom. The van der Waals surface area contributed by atoms with E-state index in [2.05, 4.69) is 16.0 Å². The SMILES string of the molecule is CCOC1OC(=O)CC1NC(=O)[C@@H]1CC[C@H]2CC=CC[C@H](NC(=O)c3ccc(NC(C)=O)cc3)C(=O)N21. The molecule has 11 heteroatoms. The lowest BCUT2D eigenvalue weighted by Gasteiger charge is -2.34. The molecule has 3 N–H and O–H groups in total. The Hall–Kier alpha value is -3.73. The molecule has 198 valence electrons. The number of benzene rings is 1. The quantitative estimate of drug-likeness (QED) is 0.369. The van der Waals surface area contributed by atoms with Gasteiger partial charge in [-0.3, -0.25) is 24.0 Å². The van der Waals surface area contributed by atoms with Crippen LogP contribution in [0.3, 0.4) is 0 Å². The molecule has 2 unspecified atom stereocenters. The van der Waals surface area contributed by atoms with Crippen molar-refractivity contribution >= 4 is 35.3 Å². The summed E-state index contributed by atoms with van der Waals surface area (Å²) in [5.41, 5.74) is 0.900. The van der Waals surface area contributed by atoms with Gasteiger partial charge in [0, 0.05) is 30.8 Å². The van der Waals surface area contributed by atoms with Gasteiger partial charge in [-0.25, -0.2) is 0 Å². The van der Waals surface area contributed by atoms with Crippen molar-refractivity contribution in [3.05, 3.63) is 42.0 Å². The van der Waals surface area contributed by atoms with Crippen molar-refractivity contribution in [3.8, 4) is 0 Å². The maximum absolute atomic E-state index is 13.6. The van der Waals surface area contributed by atoms with Crippen LogP contribution in [0, 0.1) is 0 Å². The fraction of sp³-hybridized carbons (Fsp3) is 0.500. The first-order valence-electron chi connectivity index (χ1n) is 12.5. The summed E-state index contributed by atoms with van der Waals surface area (Å²) in [7, 11) is 0. The third-order valence-electron chi connectivity index (χ3n) is 6.70. The summed E-state index contributed by atoms with van der Waals surface area (Å²) < 4.78 is 10.6. The number of nitrogens with one attached hydrogen (secondary N) is 3. The number of nitrogens with zero attached hydrogens (tertiary/aromatic N) is 1. The van der Waals surface area contributed by atoms with E-state index >= 15 is 0 Å². The highest BCUT2D eigenvalue weighted by atomic mass is 16.7. The second kappa shape index (κ2) is 11.5. The number of cyclic esters (lactones) is 1. The first-order valence-corrected chi connectivity index (χ1v) is 12.5. The highest BCUT2D eigenvalue weighted by Crippen LogP contribution is 2.30. The third kappa shape index (κ3) is 6.16. The van der Waals surface area contributed by atoms with Crippen LogP contribution in [-0.4, -0.2) is 71.6 Å². The van der Waals surface area contributed by atoms with Crippen molar-refractivity contribution in [1.82, 2.24) is 15.5 Å². The van der Waals surface area contributed by atoms with E-state index in [-0.39, 0.29) is 30.2 Å². The van der Waals surface area contributed by atoms with Gasteiger partial charge >= 0.3 is 5.97 Å². The summed E-state index contributed by atoms with van der Waals surface area (Å²) in [6.45, 7) is 3.49. The van der Waals surface area contributed by atoms with Crippen LogP contribution in [-0.2, 0) is 28.7 Å². The number of hydrogen-bond donors (Lipinski definition) is 3. The molecule has 0 aliphatic carbocycles. The minimum atomic E-state index is -0.853. The van der Waals surface area contributed by atoms with E-state index in [4.69, 9.17) is 9.47 Å². The molecule has 0 radical (unpaired) electrons. The van der Waals surface area contributed by atoms with Crippen LogP contribution in [0.1, 0.15) is 56.3 Å². The second-order valence-electron chi connectivity index (χ2n) is 9.35. The van der Waals surface area contributed by atoms with Gasteiger partial charge in [-0.2, -0.15) is 0 Å². The Bertz CT molecular complexity index is 1090. The lowest BCUT2D eigenvalue weighted by atomic mass is 10.0. The van der Waals surface area contributed by atoms with Gasteiger partial charge in [0.25, 0.3) is 5.91 Å². The van der Waals surface area contributed by atoms with E-state index in [1.54, 1.807) is 36.1 Å². The third-order valence-corrected chi connectivity index (χ3v) is 6.70. The predicted molar refractivity (Wildman–Crippen MR) is 132 cm³/mol. The molecule has 3 aliphatic rings. The van der Waals surface area contributed by atoms with Gasteiger partial charge in [-0.15, -0.1) is 0 Å². The van der Waals surface area contributed by atoms with Crippen molar-refractivity contribution < 1.29 is 33.4 Å². The van der Waals surface area contributed by atoms with Gasteiger partial charge in [0.1, 0.15) is 18.1 Å². The fourth-order valence-electron chi connectivity index (χ4n) is 4.99. The van der Waals surface area contributed by atoms with E-state index in [0.717, 1.165) is 0 Å². The van der Waals surface area contributed by atoms with Gasteiger partial charge in [-0.1, -0.05) is 12.2 Å². The minimum Gasteiger partial charge on any atom is -0.433 e.